The molecule has 1 N–H and O–H groups in total. The zero-order valence-corrected chi connectivity index (χ0v) is 18.0. The number of carbonyl (C=O) groups excluding carboxylic acids is 1. The van der Waals surface area contributed by atoms with Crippen molar-refractivity contribution in [3.63, 3.8) is 0 Å². The third-order valence-corrected chi connectivity index (χ3v) is 6.65. The number of amides is 1. The molecule has 2 heterocycles. The van der Waals surface area contributed by atoms with Crippen LogP contribution in [0.4, 0.5) is 5.82 Å². The lowest BCUT2D eigenvalue weighted by Gasteiger charge is -2.10. The van der Waals surface area contributed by atoms with Gasteiger partial charge in [-0.2, -0.15) is 9.78 Å². The molecule has 1 aliphatic carbocycles. The van der Waals surface area contributed by atoms with E-state index in [1.807, 2.05) is 35.0 Å². The van der Waals surface area contributed by atoms with Crippen molar-refractivity contribution in [1.82, 2.24) is 14.8 Å². The van der Waals surface area contributed by atoms with Gasteiger partial charge in [0.25, 0.3) is 0 Å². The van der Waals surface area contributed by atoms with Gasteiger partial charge in [0.15, 0.2) is 0 Å². The first-order chi connectivity index (χ1) is 14.6. The first-order valence-electron chi connectivity index (χ1n) is 10.4. The number of thiazole rings is 1. The van der Waals surface area contributed by atoms with Gasteiger partial charge in [0.05, 0.1) is 22.3 Å². The quantitative estimate of drug-likeness (QED) is 0.482. The van der Waals surface area contributed by atoms with Gasteiger partial charge in [-0.3, -0.25) is 4.79 Å². The number of hydrogen-bond acceptors (Lipinski definition) is 4. The normalized spacial score (nSPS) is 13.2. The molecule has 0 saturated heterocycles. The fourth-order valence-corrected chi connectivity index (χ4v) is 4.92. The Morgan fingerprint density at radius 1 is 1.13 bits per heavy atom. The Kier molecular flexibility index (Phi) is 4.87. The van der Waals surface area contributed by atoms with E-state index in [9.17, 15) is 4.79 Å². The lowest BCUT2D eigenvalue weighted by molar-refractivity contribution is -0.115. The van der Waals surface area contributed by atoms with Crippen LogP contribution in [-0.2, 0) is 24.1 Å². The van der Waals surface area contributed by atoms with Gasteiger partial charge in [-0.1, -0.05) is 61.6 Å². The maximum Gasteiger partial charge on any atom is 0.229 e. The Morgan fingerprint density at radius 2 is 1.93 bits per heavy atom. The summed E-state index contributed by atoms with van der Waals surface area (Å²) < 4.78 is 2.94. The van der Waals surface area contributed by atoms with Crippen molar-refractivity contribution in [2.75, 3.05) is 5.32 Å². The predicted molar refractivity (Wildman–Crippen MR) is 122 cm³/mol. The summed E-state index contributed by atoms with van der Waals surface area (Å²) in [5, 5.41) is 8.74. The largest absolute Gasteiger partial charge is 0.310 e. The van der Waals surface area contributed by atoms with E-state index >= 15 is 0 Å². The van der Waals surface area contributed by atoms with Crippen molar-refractivity contribution in [2.45, 2.75) is 45.4 Å². The number of fused-ring (bicyclic) bond motifs is 2. The van der Waals surface area contributed by atoms with Gasteiger partial charge in [-0.25, -0.2) is 4.98 Å². The lowest BCUT2D eigenvalue weighted by Crippen LogP contribution is -2.18. The molecular formula is C24H24N4OS. The molecule has 0 bridgehead atoms. The van der Waals surface area contributed by atoms with Gasteiger partial charge in [-0.15, -0.1) is 0 Å². The molecule has 30 heavy (non-hydrogen) atoms. The molecule has 1 aliphatic rings. The minimum Gasteiger partial charge on any atom is -0.310 e. The minimum atomic E-state index is -0.0238. The Bertz CT molecular complexity index is 1190. The van der Waals surface area contributed by atoms with Gasteiger partial charge in [-0.05, 0) is 48.4 Å². The summed E-state index contributed by atoms with van der Waals surface area (Å²) in [7, 11) is 0. The molecule has 0 saturated carbocycles. The van der Waals surface area contributed by atoms with Crippen LogP contribution >= 0.6 is 11.3 Å². The molecule has 0 radical (unpaired) electrons. The number of aryl methyl sites for hydroxylation is 1. The average molecular weight is 417 g/mol. The molecule has 2 aromatic carbocycles. The van der Waals surface area contributed by atoms with Crippen molar-refractivity contribution in [1.29, 1.82) is 0 Å². The van der Waals surface area contributed by atoms with Crippen LogP contribution in [0.25, 0.3) is 15.3 Å². The summed E-state index contributed by atoms with van der Waals surface area (Å²) in [6.07, 6.45) is 3.32. The van der Waals surface area contributed by atoms with Crippen LogP contribution in [0.3, 0.4) is 0 Å². The minimum absolute atomic E-state index is 0.0238. The molecular weight excluding hydrogens is 392 g/mol. The number of aromatic nitrogens is 3. The number of nitrogens with one attached hydrogen (secondary N) is 1. The smallest absolute Gasteiger partial charge is 0.229 e. The van der Waals surface area contributed by atoms with Gasteiger partial charge in [0.1, 0.15) is 5.82 Å². The monoisotopic (exact) mass is 416 g/mol. The highest BCUT2D eigenvalue weighted by Gasteiger charge is 2.25. The zero-order valence-electron chi connectivity index (χ0n) is 17.2. The molecule has 0 unspecified atom stereocenters. The Morgan fingerprint density at radius 3 is 2.70 bits per heavy atom. The van der Waals surface area contributed by atoms with Crippen LogP contribution in [0.15, 0.2) is 48.5 Å². The maximum atomic E-state index is 12.9. The van der Waals surface area contributed by atoms with Crippen molar-refractivity contribution < 1.29 is 4.79 Å². The number of nitrogens with zero attached hydrogens (tertiary/aromatic N) is 3. The molecule has 5 rings (SSSR count). The van der Waals surface area contributed by atoms with E-state index in [1.54, 1.807) is 11.3 Å². The molecule has 1 amide bonds. The van der Waals surface area contributed by atoms with Crippen molar-refractivity contribution >= 4 is 33.3 Å². The van der Waals surface area contributed by atoms with Crippen LogP contribution in [0, 0.1) is 0 Å². The second-order valence-corrected chi connectivity index (χ2v) is 9.13. The van der Waals surface area contributed by atoms with Gasteiger partial charge in [0.2, 0.25) is 11.0 Å². The van der Waals surface area contributed by atoms with Crippen molar-refractivity contribution in [3.8, 4) is 5.13 Å². The van der Waals surface area contributed by atoms with Crippen LogP contribution in [0.1, 0.15) is 48.6 Å². The highest BCUT2D eigenvalue weighted by molar-refractivity contribution is 7.20. The van der Waals surface area contributed by atoms with E-state index < -0.39 is 0 Å². The number of benzene rings is 2. The van der Waals surface area contributed by atoms with E-state index in [0.29, 0.717) is 12.3 Å². The highest BCUT2D eigenvalue weighted by Crippen LogP contribution is 2.33. The standard InChI is InChI=1S/C24H24N4OS/c1-15(2)17-12-10-16(11-13-17)14-22(29)26-23-18-6-5-8-19(18)27-28(23)24-25-20-7-3-4-9-21(20)30-24/h3-4,7,9-13,15H,5-6,8,14H2,1-2H3,(H,26,29). The van der Waals surface area contributed by atoms with Crippen molar-refractivity contribution in [3.05, 3.63) is 70.9 Å². The molecule has 0 atom stereocenters. The van der Waals surface area contributed by atoms with Gasteiger partial charge in [0, 0.05) is 5.56 Å². The molecule has 0 fully saturated rings. The number of hydrogen-bond donors (Lipinski definition) is 1. The summed E-state index contributed by atoms with van der Waals surface area (Å²) in [5.74, 6) is 1.24. The highest BCUT2D eigenvalue weighted by atomic mass is 32.1. The number of carbonyl (C=O) groups is 1. The van der Waals surface area contributed by atoms with Gasteiger partial charge >= 0.3 is 0 Å². The summed E-state index contributed by atoms with van der Waals surface area (Å²) in [6, 6.07) is 16.4. The molecule has 152 valence electrons. The molecule has 4 aromatic rings. The zero-order chi connectivity index (χ0) is 20.7. The fraction of sp³-hybridized carbons (Fsp3) is 0.292. The van der Waals surface area contributed by atoms with Crippen molar-refractivity contribution in [2.24, 2.45) is 0 Å². The van der Waals surface area contributed by atoms with Crippen LogP contribution in [0.5, 0.6) is 0 Å². The fourth-order valence-electron chi connectivity index (χ4n) is 3.99. The molecule has 6 heteroatoms. The second-order valence-electron chi connectivity index (χ2n) is 8.12. The van der Waals surface area contributed by atoms with E-state index in [0.717, 1.165) is 57.2 Å². The summed E-state index contributed by atoms with van der Waals surface area (Å²) >= 11 is 1.59. The molecule has 5 nitrogen and oxygen atoms in total. The van der Waals surface area contributed by atoms with E-state index in [4.69, 9.17) is 10.1 Å². The molecule has 2 aromatic heterocycles. The first-order valence-corrected chi connectivity index (χ1v) is 11.3. The Balaban J connectivity index is 1.43. The Hall–Kier alpha value is -2.99. The third kappa shape index (κ3) is 3.52. The van der Waals surface area contributed by atoms with E-state index in [-0.39, 0.29) is 5.91 Å². The molecule has 0 aliphatic heterocycles. The second kappa shape index (κ2) is 7.69. The first kappa shape index (κ1) is 19.0. The summed E-state index contributed by atoms with van der Waals surface area (Å²) in [5.41, 5.74) is 5.48. The summed E-state index contributed by atoms with van der Waals surface area (Å²) in [6.45, 7) is 4.34. The Labute approximate surface area is 179 Å². The summed E-state index contributed by atoms with van der Waals surface area (Å²) in [4.78, 5) is 17.6. The topological polar surface area (TPSA) is 59.8 Å². The number of para-hydroxylation sites is 1. The maximum absolute atomic E-state index is 12.9. The number of rotatable bonds is 5. The number of anilines is 1. The van der Waals surface area contributed by atoms with Crippen LogP contribution in [-0.4, -0.2) is 20.7 Å². The SMILES string of the molecule is CC(C)c1ccc(CC(=O)Nc2c3c(nn2-c2nc4ccccc4s2)CCC3)cc1. The van der Waals surface area contributed by atoms with E-state index in [2.05, 4.69) is 37.4 Å². The molecule has 0 spiro atoms. The third-order valence-electron chi connectivity index (χ3n) is 5.64. The predicted octanol–water partition coefficient (Wildman–Crippen LogP) is 5.28. The lowest BCUT2D eigenvalue weighted by atomic mass is 10.0. The van der Waals surface area contributed by atoms with Gasteiger partial charge < -0.3 is 5.32 Å². The van der Waals surface area contributed by atoms with Crippen LogP contribution < -0.4 is 5.32 Å². The van der Waals surface area contributed by atoms with Crippen LogP contribution in [0.2, 0.25) is 0 Å². The van der Waals surface area contributed by atoms with E-state index in [1.165, 1.54) is 5.56 Å². The average Bonchev–Trinajstić information content (AvgIpc) is 3.43.